The van der Waals surface area contributed by atoms with Crippen molar-refractivity contribution in [2.75, 3.05) is 5.32 Å². The summed E-state index contributed by atoms with van der Waals surface area (Å²) in [6.45, 7) is 2.32. The van der Waals surface area contributed by atoms with Crippen molar-refractivity contribution in [3.63, 3.8) is 0 Å². The fourth-order valence-electron chi connectivity index (χ4n) is 5.83. The van der Waals surface area contributed by atoms with Gasteiger partial charge in [0.1, 0.15) is 5.82 Å². The van der Waals surface area contributed by atoms with Crippen LogP contribution in [0.5, 0.6) is 0 Å². The molecule has 2 unspecified atom stereocenters. The molecule has 1 aromatic heterocycles. The lowest BCUT2D eigenvalue weighted by Crippen LogP contribution is -2.47. The summed E-state index contributed by atoms with van der Waals surface area (Å²) < 4.78 is 0. The van der Waals surface area contributed by atoms with Crippen molar-refractivity contribution in [2.24, 2.45) is 11.8 Å². The van der Waals surface area contributed by atoms with Crippen molar-refractivity contribution >= 4 is 28.5 Å². The van der Waals surface area contributed by atoms with E-state index in [9.17, 15) is 14.7 Å². The minimum absolute atomic E-state index is 0.0248. The van der Waals surface area contributed by atoms with Crippen LogP contribution in [0, 0.1) is 11.8 Å². The number of carboxylic acids is 1. The molecule has 2 aromatic rings. The molecule has 6 nitrogen and oxygen atoms in total. The number of aliphatic carboxylic acids is 1. The monoisotopic (exact) mass is 421 g/mol. The van der Waals surface area contributed by atoms with Gasteiger partial charge >= 0.3 is 5.97 Å². The number of carbonyl (C=O) groups excluding carboxylic acids is 1. The van der Waals surface area contributed by atoms with Gasteiger partial charge in [-0.2, -0.15) is 0 Å². The zero-order chi connectivity index (χ0) is 21.5. The second-order valence-electron chi connectivity index (χ2n) is 9.84. The van der Waals surface area contributed by atoms with Gasteiger partial charge in [-0.15, -0.1) is 0 Å². The number of nitrogens with zero attached hydrogens (tertiary/aromatic N) is 2. The van der Waals surface area contributed by atoms with Crippen molar-refractivity contribution in [1.82, 2.24) is 9.88 Å². The molecule has 31 heavy (non-hydrogen) atoms. The van der Waals surface area contributed by atoms with Crippen LogP contribution in [0.2, 0.25) is 0 Å². The Balaban J connectivity index is 1.31. The number of rotatable bonds is 4. The lowest BCUT2D eigenvalue weighted by Gasteiger charge is -2.37. The van der Waals surface area contributed by atoms with Crippen molar-refractivity contribution < 1.29 is 14.7 Å². The Morgan fingerprint density at radius 2 is 1.71 bits per heavy atom. The summed E-state index contributed by atoms with van der Waals surface area (Å²) in [6.07, 6.45) is 9.72. The standard InChI is InChI=1S/C25H31N3O3/c1-15-2-6-20(7-3-15)27-23-13-16-4-5-17(10-19(16)14-26-23)24(29)28-21-8-9-22(28)12-18(11-21)25(30)31/h4-5,10,13-15,18,20-22H,2-3,6-9,11-12H2,1H3,(H,26,27)(H,30,31)/t15-,18?,20-,21?,22?. The maximum absolute atomic E-state index is 13.3. The number of hydrogen-bond acceptors (Lipinski definition) is 4. The SMILES string of the molecule is C[C@H]1CC[C@H](Nc2cc3ccc(C(=O)N4C5CCC4CC(C(=O)O)C5)cc3cn2)CC1. The van der Waals surface area contributed by atoms with E-state index in [1.165, 1.54) is 25.7 Å². The highest BCUT2D eigenvalue weighted by Gasteiger charge is 2.45. The van der Waals surface area contributed by atoms with E-state index in [2.05, 4.69) is 23.3 Å². The van der Waals surface area contributed by atoms with E-state index in [1.807, 2.05) is 29.3 Å². The first-order valence-electron chi connectivity index (χ1n) is 11.7. The summed E-state index contributed by atoms with van der Waals surface area (Å²) in [5, 5.41) is 15.0. The van der Waals surface area contributed by atoms with E-state index in [-0.39, 0.29) is 23.9 Å². The lowest BCUT2D eigenvalue weighted by atomic mass is 9.87. The molecule has 0 spiro atoms. The van der Waals surface area contributed by atoms with Gasteiger partial charge in [0.15, 0.2) is 0 Å². The number of carbonyl (C=O) groups is 2. The minimum Gasteiger partial charge on any atom is -0.481 e. The van der Waals surface area contributed by atoms with Crippen LogP contribution in [0.15, 0.2) is 30.5 Å². The van der Waals surface area contributed by atoms with Crippen LogP contribution in [-0.4, -0.2) is 45.0 Å². The number of anilines is 1. The van der Waals surface area contributed by atoms with Gasteiger partial charge < -0.3 is 15.3 Å². The Kier molecular flexibility index (Phi) is 5.32. The third-order valence-electron chi connectivity index (χ3n) is 7.65. The molecule has 1 saturated carbocycles. The molecule has 1 aromatic carbocycles. The number of fused-ring (bicyclic) bond motifs is 3. The molecule has 2 bridgehead atoms. The average Bonchev–Trinajstić information content (AvgIpc) is 3.03. The third kappa shape index (κ3) is 4.00. The molecule has 6 heteroatoms. The van der Waals surface area contributed by atoms with Gasteiger partial charge in [-0.1, -0.05) is 13.0 Å². The first kappa shape index (κ1) is 20.3. The second-order valence-corrected chi connectivity index (χ2v) is 9.84. The van der Waals surface area contributed by atoms with Crippen LogP contribution in [0.3, 0.4) is 0 Å². The van der Waals surface area contributed by atoms with Crippen molar-refractivity contribution in [3.05, 3.63) is 36.0 Å². The average molecular weight is 422 g/mol. The summed E-state index contributed by atoms with van der Waals surface area (Å²) in [6, 6.07) is 8.50. The fraction of sp³-hybridized carbons (Fsp3) is 0.560. The van der Waals surface area contributed by atoms with Crippen molar-refractivity contribution in [2.45, 2.75) is 76.4 Å². The molecule has 2 saturated heterocycles. The van der Waals surface area contributed by atoms with E-state index in [4.69, 9.17) is 0 Å². The van der Waals surface area contributed by atoms with E-state index in [1.54, 1.807) is 0 Å². The molecule has 1 aliphatic carbocycles. The van der Waals surface area contributed by atoms with Crippen molar-refractivity contribution in [1.29, 1.82) is 0 Å². The van der Waals surface area contributed by atoms with E-state index in [0.29, 0.717) is 24.4 Å². The summed E-state index contributed by atoms with van der Waals surface area (Å²) in [4.78, 5) is 31.3. The van der Waals surface area contributed by atoms with Gasteiger partial charge in [-0.05, 0) is 80.9 Å². The Morgan fingerprint density at radius 1 is 1.00 bits per heavy atom. The number of hydrogen-bond donors (Lipinski definition) is 2. The van der Waals surface area contributed by atoms with Crippen molar-refractivity contribution in [3.8, 4) is 0 Å². The van der Waals surface area contributed by atoms with E-state index in [0.717, 1.165) is 35.3 Å². The maximum Gasteiger partial charge on any atom is 0.306 e. The minimum atomic E-state index is -0.729. The molecular weight excluding hydrogens is 390 g/mol. The van der Waals surface area contributed by atoms with Crippen LogP contribution in [0.25, 0.3) is 10.8 Å². The number of piperidine rings is 1. The quantitative estimate of drug-likeness (QED) is 0.748. The molecule has 1 amide bonds. The number of carboxylic acid groups (broad SMARTS) is 1. The largest absolute Gasteiger partial charge is 0.481 e. The highest BCUT2D eigenvalue weighted by Crippen LogP contribution is 2.40. The Bertz CT molecular complexity index is 985. The Labute approximate surface area is 183 Å². The number of nitrogens with one attached hydrogen (secondary N) is 1. The molecule has 2 N–H and O–H groups in total. The molecule has 5 rings (SSSR count). The molecule has 2 atom stereocenters. The van der Waals surface area contributed by atoms with Gasteiger partial charge in [-0.25, -0.2) is 4.98 Å². The Morgan fingerprint density at radius 3 is 2.39 bits per heavy atom. The van der Waals surface area contributed by atoms with Crippen LogP contribution in [0.1, 0.15) is 68.6 Å². The fourth-order valence-corrected chi connectivity index (χ4v) is 5.83. The topological polar surface area (TPSA) is 82.5 Å². The molecule has 3 heterocycles. The van der Waals surface area contributed by atoms with Gasteiger partial charge in [0.2, 0.25) is 0 Å². The lowest BCUT2D eigenvalue weighted by molar-refractivity contribution is -0.144. The number of pyridine rings is 1. The van der Waals surface area contributed by atoms with Crippen LogP contribution < -0.4 is 5.32 Å². The molecular formula is C25H31N3O3. The highest BCUT2D eigenvalue weighted by atomic mass is 16.4. The third-order valence-corrected chi connectivity index (χ3v) is 7.65. The highest BCUT2D eigenvalue weighted by molar-refractivity contribution is 5.99. The molecule has 2 aliphatic heterocycles. The normalized spacial score (nSPS) is 30.4. The predicted octanol–water partition coefficient (Wildman–Crippen LogP) is 4.69. The molecule has 3 aliphatic rings. The van der Waals surface area contributed by atoms with Crippen LogP contribution in [0.4, 0.5) is 5.82 Å². The van der Waals surface area contributed by atoms with Gasteiger partial charge in [0, 0.05) is 35.3 Å². The van der Waals surface area contributed by atoms with E-state index < -0.39 is 5.97 Å². The summed E-state index contributed by atoms with van der Waals surface area (Å²) in [5.74, 6) is 0.703. The Hall–Kier alpha value is -2.63. The zero-order valence-electron chi connectivity index (χ0n) is 18.1. The summed E-state index contributed by atoms with van der Waals surface area (Å²) >= 11 is 0. The first-order valence-corrected chi connectivity index (χ1v) is 11.7. The molecule has 0 radical (unpaired) electrons. The summed E-state index contributed by atoms with van der Waals surface area (Å²) in [7, 11) is 0. The smallest absolute Gasteiger partial charge is 0.306 e. The van der Waals surface area contributed by atoms with Crippen LogP contribution in [-0.2, 0) is 4.79 Å². The second kappa shape index (κ2) is 8.13. The predicted molar refractivity (Wildman–Crippen MR) is 120 cm³/mol. The molecule has 3 fully saturated rings. The van der Waals surface area contributed by atoms with Gasteiger partial charge in [-0.3, -0.25) is 9.59 Å². The van der Waals surface area contributed by atoms with Gasteiger partial charge in [0.05, 0.1) is 5.92 Å². The number of aromatic nitrogens is 1. The number of benzene rings is 1. The number of amides is 1. The summed E-state index contributed by atoms with van der Waals surface area (Å²) in [5.41, 5.74) is 0.668. The molecule has 164 valence electrons. The van der Waals surface area contributed by atoms with E-state index >= 15 is 0 Å². The maximum atomic E-state index is 13.3. The van der Waals surface area contributed by atoms with Gasteiger partial charge in [0.25, 0.3) is 5.91 Å². The van der Waals surface area contributed by atoms with Crippen LogP contribution >= 0.6 is 0 Å². The zero-order valence-corrected chi connectivity index (χ0v) is 18.1. The first-order chi connectivity index (χ1) is 15.0.